The van der Waals surface area contributed by atoms with Crippen molar-refractivity contribution in [1.29, 1.82) is 0 Å². The molecule has 0 bridgehead atoms. The molecule has 7 nitrogen and oxygen atoms in total. The van der Waals surface area contributed by atoms with Crippen LogP contribution < -0.4 is 10.6 Å². The highest BCUT2D eigenvalue weighted by atomic mass is 19.1. The lowest BCUT2D eigenvalue weighted by Crippen LogP contribution is -2.29. The molecule has 140 valence electrons. The molecule has 0 aliphatic heterocycles. The Balaban J connectivity index is 1.57. The number of hydrogen-bond acceptors (Lipinski definition) is 5. The summed E-state index contributed by atoms with van der Waals surface area (Å²) < 4.78 is 15.4. The fourth-order valence-electron chi connectivity index (χ4n) is 2.59. The monoisotopic (exact) mass is 368 g/mol. The molecule has 3 rings (SSSR count). The average molecular weight is 368 g/mol. The van der Waals surface area contributed by atoms with E-state index in [-0.39, 0.29) is 11.7 Å². The van der Waals surface area contributed by atoms with Crippen molar-refractivity contribution in [2.75, 3.05) is 18.4 Å². The van der Waals surface area contributed by atoms with E-state index in [1.54, 1.807) is 25.3 Å². The number of nitrogens with zero attached hydrogens (tertiary/aromatic N) is 4. The zero-order valence-electron chi connectivity index (χ0n) is 15.5. The smallest absolute Gasteiger partial charge is 0.251 e. The van der Waals surface area contributed by atoms with Gasteiger partial charge in [-0.2, -0.15) is 0 Å². The number of aromatic nitrogens is 4. The Labute approximate surface area is 156 Å². The highest BCUT2D eigenvalue weighted by Gasteiger charge is 2.08. The number of rotatable bonds is 6. The van der Waals surface area contributed by atoms with E-state index in [2.05, 4.69) is 25.6 Å². The zero-order chi connectivity index (χ0) is 19.4. The molecule has 3 aromatic rings. The molecule has 0 aliphatic carbocycles. The Morgan fingerprint density at radius 3 is 2.67 bits per heavy atom. The van der Waals surface area contributed by atoms with Crippen LogP contribution in [-0.4, -0.2) is 38.5 Å². The number of nitrogens with one attached hydrogen (secondary N) is 2. The highest BCUT2D eigenvalue weighted by Crippen LogP contribution is 2.12. The van der Waals surface area contributed by atoms with Gasteiger partial charge < -0.3 is 10.6 Å². The fourth-order valence-corrected chi connectivity index (χ4v) is 2.59. The molecule has 0 saturated heterocycles. The maximum absolute atomic E-state index is 13.6. The molecular formula is C19H21FN6O. The predicted octanol–water partition coefficient (Wildman–Crippen LogP) is 2.57. The van der Waals surface area contributed by atoms with Crippen LogP contribution in [0, 0.1) is 26.6 Å². The average Bonchev–Trinajstić information content (AvgIpc) is 3.06. The molecule has 1 aromatic carbocycles. The van der Waals surface area contributed by atoms with Gasteiger partial charge in [0.15, 0.2) is 0 Å². The molecule has 1 amide bonds. The summed E-state index contributed by atoms with van der Waals surface area (Å²) in [5, 5.41) is 5.92. The number of carbonyl (C=O) groups excluding carboxylic acids is 1. The standard InChI is InChI=1S/C19H21FN6O/c1-12-4-5-15(10-16(12)20)19(27)23-7-6-22-17-11-18(25-13(2)24-17)26-9-8-21-14(26)3/h4-5,8-11H,6-7H2,1-3H3,(H,23,27)(H,22,24,25). The lowest BCUT2D eigenvalue weighted by molar-refractivity contribution is 0.0954. The summed E-state index contributed by atoms with van der Waals surface area (Å²) in [6.07, 6.45) is 3.55. The van der Waals surface area contributed by atoms with E-state index in [0.29, 0.717) is 35.9 Å². The number of hydrogen-bond donors (Lipinski definition) is 2. The second-order valence-corrected chi connectivity index (χ2v) is 6.15. The van der Waals surface area contributed by atoms with Crippen LogP contribution in [0.15, 0.2) is 36.7 Å². The van der Waals surface area contributed by atoms with Crippen LogP contribution >= 0.6 is 0 Å². The zero-order valence-corrected chi connectivity index (χ0v) is 15.5. The van der Waals surface area contributed by atoms with Gasteiger partial charge in [0.2, 0.25) is 0 Å². The van der Waals surface area contributed by atoms with Crippen molar-refractivity contribution >= 4 is 11.7 Å². The lowest BCUT2D eigenvalue weighted by Gasteiger charge is -2.11. The summed E-state index contributed by atoms with van der Waals surface area (Å²) in [6.45, 7) is 6.21. The van der Waals surface area contributed by atoms with Crippen molar-refractivity contribution in [3.05, 3.63) is 65.3 Å². The summed E-state index contributed by atoms with van der Waals surface area (Å²) in [5.41, 5.74) is 0.810. The van der Waals surface area contributed by atoms with Crippen LogP contribution in [0.2, 0.25) is 0 Å². The number of halogens is 1. The van der Waals surface area contributed by atoms with Crippen molar-refractivity contribution in [3.63, 3.8) is 0 Å². The van der Waals surface area contributed by atoms with Crippen LogP contribution in [0.25, 0.3) is 5.82 Å². The first-order valence-electron chi connectivity index (χ1n) is 8.58. The maximum atomic E-state index is 13.6. The summed E-state index contributed by atoms with van der Waals surface area (Å²) in [6, 6.07) is 6.25. The van der Waals surface area contributed by atoms with Crippen molar-refractivity contribution in [3.8, 4) is 5.82 Å². The topological polar surface area (TPSA) is 84.7 Å². The third-order valence-electron chi connectivity index (χ3n) is 4.05. The van der Waals surface area contributed by atoms with Crippen molar-refractivity contribution < 1.29 is 9.18 Å². The second-order valence-electron chi connectivity index (χ2n) is 6.15. The number of anilines is 1. The second kappa shape index (κ2) is 7.94. The number of imidazole rings is 1. The SMILES string of the molecule is Cc1nc(NCCNC(=O)c2ccc(C)c(F)c2)cc(-n2ccnc2C)n1. The van der Waals surface area contributed by atoms with Gasteiger partial charge in [0.25, 0.3) is 5.91 Å². The van der Waals surface area contributed by atoms with Crippen LogP contribution in [-0.2, 0) is 0 Å². The first-order valence-corrected chi connectivity index (χ1v) is 8.58. The molecule has 0 spiro atoms. The van der Waals surface area contributed by atoms with Gasteiger partial charge in [-0.15, -0.1) is 0 Å². The van der Waals surface area contributed by atoms with Gasteiger partial charge in [-0.3, -0.25) is 9.36 Å². The molecule has 0 aliphatic rings. The normalized spacial score (nSPS) is 10.7. The first-order chi connectivity index (χ1) is 12.9. The van der Waals surface area contributed by atoms with Crippen molar-refractivity contribution in [2.24, 2.45) is 0 Å². The third-order valence-corrected chi connectivity index (χ3v) is 4.05. The van der Waals surface area contributed by atoms with Crippen LogP contribution in [0.4, 0.5) is 10.2 Å². The van der Waals surface area contributed by atoms with E-state index >= 15 is 0 Å². The Morgan fingerprint density at radius 1 is 1.15 bits per heavy atom. The highest BCUT2D eigenvalue weighted by molar-refractivity contribution is 5.94. The summed E-state index contributed by atoms with van der Waals surface area (Å²) >= 11 is 0. The van der Waals surface area contributed by atoms with Crippen molar-refractivity contribution in [2.45, 2.75) is 20.8 Å². The minimum atomic E-state index is -0.389. The predicted molar refractivity (Wildman–Crippen MR) is 101 cm³/mol. The maximum Gasteiger partial charge on any atom is 0.251 e. The molecule has 27 heavy (non-hydrogen) atoms. The molecular weight excluding hydrogens is 347 g/mol. The fraction of sp³-hybridized carbons (Fsp3) is 0.263. The number of carbonyl (C=O) groups is 1. The molecule has 0 saturated carbocycles. The number of aryl methyl sites for hydroxylation is 3. The van der Waals surface area contributed by atoms with Crippen LogP contribution in [0.3, 0.4) is 0 Å². The third kappa shape index (κ3) is 4.46. The first kappa shape index (κ1) is 18.5. The molecule has 0 unspecified atom stereocenters. The Morgan fingerprint density at radius 2 is 1.96 bits per heavy atom. The van der Waals surface area contributed by atoms with Gasteiger partial charge in [-0.25, -0.2) is 19.3 Å². The van der Waals surface area contributed by atoms with E-state index < -0.39 is 0 Å². The van der Waals surface area contributed by atoms with E-state index in [9.17, 15) is 9.18 Å². The minimum absolute atomic E-state index is 0.300. The molecule has 0 atom stereocenters. The molecule has 2 N–H and O–H groups in total. The lowest BCUT2D eigenvalue weighted by atomic mass is 10.1. The molecule has 2 heterocycles. The quantitative estimate of drug-likeness (QED) is 0.653. The molecule has 0 fully saturated rings. The number of amides is 1. The van der Waals surface area contributed by atoms with E-state index in [4.69, 9.17) is 0 Å². The van der Waals surface area contributed by atoms with E-state index in [1.165, 1.54) is 6.07 Å². The van der Waals surface area contributed by atoms with E-state index in [1.807, 2.05) is 30.7 Å². The summed E-state index contributed by atoms with van der Waals surface area (Å²) in [4.78, 5) is 25.0. The number of benzene rings is 1. The van der Waals surface area contributed by atoms with Crippen LogP contribution in [0.5, 0.6) is 0 Å². The Bertz CT molecular complexity index is 969. The molecule has 8 heteroatoms. The van der Waals surface area contributed by atoms with Gasteiger partial charge in [-0.05, 0) is 38.5 Å². The Hall–Kier alpha value is -3.29. The van der Waals surface area contributed by atoms with Gasteiger partial charge in [0.1, 0.15) is 29.1 Å². The molecule has 2 aromatic heterocycles. The van der Waals surface area contributed by atoms with Gasteiger partial charge in [0.05, 0.1) is 0 Å². The molecule has 0 radical (unpaired) electrons. The van der Waals surface area contributed by atoms with E-state index in [0.717, 1.165) is 11.6 Å². The Kier molecular flexibility index (Phi) is 5.44. The summed E-state index contributed by atoms with van der Waals surface area (Å²) in [7, 11) is 0. The van der Waals surface area contributed by atoms with Gasteiger partial charge in [-0.1, -0.05) is 6.07 Å². The largest absolute Gasteiger partial charge is 0.368 e. The van der Waals surface area contributed by atoms with Crippen LogP contribution in [0.1, 0.15) is 27.6 Å². The van der Waals surface area contributed by atoms with Crippen molar-refractivity contribution in [1.82, 2.24) is 24.8 Å². The minimum Gasteiger partial charge on any atom is -0.368 e. The van der Waals surface area contributed by atoms with Gasteiger partial charge >= 0.3 is 0 Å². The van der Waals surface area contributed by atoms with Gasteiger partial charge in [0, 0.05) is 37.1 Å². The summed E-state index contributed by atoms with van der Waals surface area (Å²) in [5.74, 6) is 2.13.